The lowest BCUT2D eigenvalue weighted by Gasteiger charge is -2.23. The molecule has 1 saturated heterocycles. The van der Waals surface area contributed by atoms with E-state index in [1.54, 1.807) is 11.9 Å². The molecule has 0 bridgehead atoms. The molecule has 2 aromatic rings. The highest BCUT2D eigenvalue weighted by Gasteiger charge is 2.31. The first kappa shape index (κ1) is 18.3. The van der Waals surface area contributed by atoms with Crippen LogP contribution in [0.4, 0.5) is 5.95 Å². The molecule has 1 aliphatic rings. The topological polar surface area (TPSA) is 92.3 Å². The number of hydrogen-bond donors (Lipinski definition) is 1. The van der Waals surface area contributed by atoms with E-state index in [0.29, 0.717) is 24.5 Å². The highest BCUT2D eigenvalue weighted by atomic mass is 32.2. The monoisotopic (exact) mass is 374 g/mol. The first-order valence-electron chi connectivity index (χ1n) is 8.43. The zero-order valence-electron chi connectivity index (χ0n) is 14.8. The Balaban J connectivity index is 1.59. The number of carbonyl (C=O) groups excluding carboxylic acids is 1. The molecular formula is C18H22N4O3S. The summed E-state index contributed by atoms with van der Waals surface area (Å²) < 4.78 is 23.2. The number of anilines is 1. The summed E-state index contributed by atoms with van der Waals surface area (Å²) in [5.41, 5.74) is 2.56. The van der Waals surface area contributed by atoms with Crippen LogP contribution in [0.1, 0.15) is 27.9 Å². The smallest absolute Gasteiger partial charge is 0.254 e. The first-order valence-corrected chi connectivity index (χ1v) is 10.3. The van der Waals surface area contributed by atoms with Gasteiger partial charge in [0.1, 0.15) is 0 Å². The normalized spacial score (nSPS) is 18.5. The molecule has 3 rings (SSSR count). The van der Waals surface area contributed by atoms with Gasteiger partial charge in [0.2, 0.25) is 5.95 Å². The van der Waals surface area contributed by atoms with Crippen molar-refractivity contribution in [2.45, 2.75) is 25.9 Å². The molecular weight excluding hydrogens is 352 g/mol. The van der Waals surface area contributed by atoms with Crippen LogP contribution in [0, 0.1) is 6.92 Å². The van der Waals surface area contributed by atoms with Gasteiger partial charge in [0.25, 0.3) is 5.91 Å². The molecule has 1 aromatic carbocycles. The quantitative estimate of drug-likeness (QED) is 0.849. The summed E-state index contributed by atoms with van der Waals surface area (Å²) in [6, 6.07) is 7.82. The summed E-state index contributed by atoms with van der Waals surface area (Å²) in [6.45, 7) is 2.44. The van der Waals surface area contributed by atoms with Gasteiger partial charge in [-0.25, -0.2) is 18.4 Å². The number of aromatic nitrogens is 2. The highest BCUT2D eigenvalue weighted by molar-refractivity contribution is 7.91. The number of hydrogen-bond acceptors (Lipinski definition) is 6. The zero-order valence-corrected chi connectivity index (χ0v) is 15.7. The number of sulfone groups is 1. The van der Waals surface area contributed by atoms with Gasteiger partial charge in [-0.2, -0.15) is 0 Å². The van der Waals surface area contributed by atoms with Crippen LogP contribution in [0.2, 0.25) is 0 Å². The molecule has 0 radical (unpaired) electrons. The SMILES string of the molecule is Cc1ccc(CNC(=O)c2cnc(N(C)C3CCS(=O)(=O)C3)nc2)cc1. The van der Waals surface area contributed by atoms with Crippen molar-refractivity contribution in [2.75, 3.05) is 23.5 Å². The predicted octanol–water partition coefficient (Wildman–Crippen LogP) is 1.34. The standard InChI is InChI=1S/C18H22N4O3S/c1-13-3-5-14(6-4-13)9-19-17(23)15-10-20-18(21-11-15)22(2)16-7-8-26(24,25)12-16/h3-6,10-11,16H,7-9,12H2,1-2H3,(H,19,23). The molecule has 1 aromatic heterocycles. The van der Waals surface area contributed by atoms with Crippen molar-refractivity contribution in [3.8, 4) is 0 Å². The van der Waals surface area contributed by atoms with E-state index in [-0.39, 0.29) is 23.5 Å². The predicted molar refractivity (Wildman–Crippen MR) is 99.8 cm³/mol. The largest absolute Gasteiger partial charge is 0.348 e. The number of nitrogens with one attached hydrogen (secondary N) is 1. The van der Waals surface area contributed by atoms with E-state index in [0.717, 1.165) is 5.56 Å². The summed E-state index contributed by atoms with van der Waals surface area (Å²) in [7, 11) is -1.19. The lowest BCUT2D eigenvalue weighted by Crippen LogP contribution is -2.34. The van der Waals surface area contributed by atoms with E-state index in [1.165, 1.54) is 18.0 Å². The van der Waals surface area contributed by atoms with Crippen LogP contribution in [-0.2, 0) is 16.4 Å². The van der Waals surface area contributed by atoms with Crippen molar-refractivity contribution in [2.24, 2.45) is 0 Å². The minimum atomic E-state index is -2.97. The molecule has 1 amide bonds. The third-order valence-corrected chi connectivity index (χ3v) is 6.30. The van der Waals surface area contributed by atoms with Gasteiger partial charge in [0, 0.05) is 32.0 Å². The van der Waals surface area contributed by atoms with Gasteiger partial charge in [0.15, 0.2) is 9.84 Å². The lowest BCUT2D eigenvalue weighted by molar-refractivity contribution is 0.0950. The van der Waals surface area contributed by atoms with Gasteiger partial charge < -0.3 is 10.2 Å². The third kappa shape index (κ3) is 4.37. The summed E-state index contributed by atoms with van der Waals surface area (Å²) in [5, 5.41) is 2.84. The first-order chi connectivity index (χ1) is 12.3. The Kier molecular flexibility index (Phi) is 5.22. The highest BCUT2D eigenvalue weighted by Crippen LogP contribution is 2.19. The second-order valence-corrected chi connectivity index (χ2v) is 8.84. The van der Waals surface area contributed by atoms with Crippen molar-refractivity contribution in [3.63, 3.8) is 0 Å². The number of aryl methyl sites for hydroxylation is 1. The van der Waals surface area contributed by atoms with Gasteiger partial charge in [-0.1, -0.05) is 29.8 Å². The van der Waals surface area contributed by atoms with E-state index in [2.05, 4.69) is 15.3 Å². The molecule has 0 aliphatic carbocycles. The third-order valence-electron chi connectivity index (χ3n) is 4.55. The number of nitrogens with zero attached hydrogens (tertiary/aromatic N) is 3. The Morgan fingerprint density at radius 1 is 1.23 bits per heavy atom. The van der Waals surface area contributed by atoms with E-state index < -0.39 is 9.84 Å². The van der Waals surface area contributed by atoms with Crippen molar-refractivity contribution in [1.82, 2.24) is 15.3 Å². The minimum absolute atomic E-state index is 0.117. The molecule has 0 saturated carbocycles. The van der Waals surface area contributed by atoms with E-state index in [4.69, 9.17) is 0 Å². The molecule has 1 unspecified atom stereocenters. The number of carbonyl (C=O) groups is 1. The molecule has 1 fully saturated rings. The second-order valence-electron chi connectivity index (χ2n) is 6.61. The molecule has 1 N–H and O–H groups in total. The molecule has 8 heteroatoms. The van der Waals surface area contributed by atoms with Gasteiger partial charge in [-0.3, -0.25) is 4.79 Å². The fourth-order valence-electron chi connectivity index (χ4n) is 2.86. The Labute approximate surface area is 153 Å². The van der Waals surface area contributed by atoms with Crippen LogP contribution in [0.3, 0.4) is 0 Å². The Hall–Kier alpha value is -2.48. The van der Waals surface area contributed by atoms with Gasteiger partial charge in [-0.05, 0) is 18.9 Å². The fourth-order valence-corrected chi connectivity index (χ4v) is 4.63. The van der Waals surface area contributed by atoms with Crippen molar-refractivity contribution >= 4 is 21.7 Å². The van der Waals surface area contributed by atoms with Gasteiger partial charge >= 0.3 is 0 Å². The van der Waals surface area contributed by atoms with Crippen LogP contribution in [0.15, 0.2) is 36.7 Å². The summed E-state index contributed by atoms with van der Waals surface area (Å²) in [5.74, 6) is 0.484. The maximum atomic E-state index is 12.2. The van der Waals surface area contributed by atoms with Gasteiger partial charge in [0.05, 0.1) is 17.1 Å². The van der Waals surface area contributed by atoms with E-state index in [1.807, 2.05) is 31.2 Å². The van der Waals surface area contributed by atoms with E-state index >= 15 is 0 Å². The van der Waals surface area contributed by atoms with Gasteiger partial charge in [-0.15, -0.1) is 0 Å². The maximum Gasteiger partial charge on any atom is 0.254 e. The van der Waals surface area contributed by atoms with Crippen LogP contribution in [-0.4, -0.2) is 48.9 Å². The van der Waals surface area contributed by atoms with Crippen LogP contribution >= 0.6 is 0 Å². The maximum absolute atomic E-state index is 12.2. The van der Waals surface area contributed by atoms with E-state index in [9.17, 15) is 13.2 Å². The Bertz CT molecular complexity index is 880. The molecule has 1 aliphatic heterocycles. The molecule has 0 spiro atoms. The fraction of sp³-hybridized carbons (Fsp3) is 0.389. The molecule has 1 atom stereocenters. The average Bonchev–Trinajstić information content (AvgIpc) is 3.00. The molecule has 138 valence electrons. The Morgan fingerprint density at radius 3 is 2.46 bits per heavy atom. The molecule has 26 heavy (non-hydrogen) atoms. The minimum Gasteiger partial charge on any atom is -0.348 e. The summed E-state index contributed by atoms with van der Waals surface area (Å²) in [6.07, 6.45) is 3.50. The second kappa shape index (κ2) is 7.41. The van der Waals surface area contributed by atoms with Crippen molar-refractivity contribution in [1.29, 1.82) is 0 Å². The van der Waals surface area contributed by atoms with Crippen LogP contribution in [0.5, 0.6) is 0 Å². The lowest BCUT2D eigenvalue weighted by atomic mass is 10.1. The molecule has 2 heterocycles. The zero-order chi connectivity index (χ0) is 18.7. The average molecular weight is 374 g/mol. The summed E-state index contributed by atoms with van der Waals surface area (Å²) in [4.78, 5) is 22.4. The summed E-state index contributed by atoms with van der Waals surface area (Å²) >= 11 is 0. The number of rotatable bonds is 5. The Morgan fingerprint density at radius 2 is 1.88 bits per heavy atom. The van der Waals surface area contributed by atoms with Crippen molar-refractivity contribution in [3.05, 3.63) is 53.3 Å². The molecule has 7 nitrogen and oxygen atoms in total. The van der Waals surface area contributed by atoms with Crippen molar-refractivity contribution < 1.29 is 13.2 Å². The number of benzene rings is 1. The van der Waals surface area contributed by atoms with Crippen LogP contribution < -0.4 is 10.2 Å². The van der Waals surface area contributed by atoms with Crippen LogP contribution in [0.25, 0.3) is 0 Å². The number of amides is 1.